The maximum Gasteiger partial charge on any atom is 0.149 e. The largest absolute Gasteiger partial charge is 0.496 e. The van der Waals surface area contributed by atoms with E-state index in [1.54, 1.807) is 20.3 Å². The fourth-order valence-electron chi connectivity index (χ4n) is 2.11. The average Bonchev–Trinajstić information content (AvgIpc) is 2.57. The van der Waals surface area contributed by atoms with E-state index in [1.807, 2.05) is 31.2 Å². The highest BCUT2D eigenvalue weighted by Gasteiger charge is 2.09. The van der Waals surface area contributed by atoms with Crippen molar-refractivity contribution >= 4 is 6.21 Å². The van der Waals surface area contributed by atoms with Crippen LogP contribution in [-0.2, 0) is 11.4 Å². The molecule has 118 valence electrons. The highest BCUT2D eigenvalue weighted by atomic mass is 16.6. The molecule has 0 spiro atoms. The van der Waals surface area contributed by atoms with Crippen molar-refractivity contribution in [3.63, 3.8) is 0 Å². The van der Waals surface area contributed by atoms with Crippen LogP contribution in [0.25, 0.3) is 0 Å². The average molecular weight is 310 g/mol. The van der Waals surface area contributed by atoms with E-state index in [1.165, 1.54) is 6.21 Å². The Morgan fingerprint density at radius 3 is 2.52 bits per heavy atom. The number of hydrogen-bond donors (Lipinski definition) is 0. The third-order valence-electron chi connectivity index (χ3n) is 3.14. The van der Waals surface area contributed by atoms with Crippen LogP contribution in [0.5, 0.6) is 11.5 Å². The maximum absolute atomic E-state index is 5.40. The molecule has 0 aliphatic carbocycles. The summed E-state index contributed by atoms with van der Waals surface area (Å²) in [4.78, 5) is 9.66. The maximum atomic E-state index is 5.40. The van der Waals surface area contributed by atoms with Crippen molar-refractivity contribution in [2.24, 2.45) is 5.16 Å². The van der Waals surface area contributed by atoms with Crippen LogP contribution in [-0.4, -0.2) is 25.4 Å². The second-order valence-electron chi connectivity index (χ2n) is 4.72. The van der Waals surface area contributed by atoms with Gasteiger partial charge in [0.05, 0.1) is 31.7 Å². The summed E-state index contributed by atoms with van der Waals surface area (Å²) >= 11 is 0. The first kappa shape index (κ1) is 16.4. The first-order chi connectivity index (χ1) is 11.2. The van der Waals surface area contributed by atoms with Gasteiger partial charge < -0.3 is 14.3 Å². The van der Waals surface area contributed by atoms with Gasteiger partial charge in [-0.1, -0.05) is 17.1 Å². The lowest BCUT2D eigenvalue weighted by Crippen LogP contribution is -1.98. The monoisotopic (exact) mass is 310 g/mol. The van der Waals surface area contributed by atoms with Gasteiger partial charge in [-0.3, -0.25) is 4.98 Å². The van der Waals surface area contributed by atoms with Crippen molar-refractivity contribution in [2.45, 2.75) is 13.5 Å². The Labute approximate surface area is 135 Å². The summed E-state index contributed by atoms with van der Waals surface area (Å²) in [6.45, 7) is 2.09. The number of ether oxygens (including phenoxy) is 2. The summed E-state index contributed by atoms with van der Waals surface area (Å²) in [6.07, 6.45) is 6.92. The molecule has 5 nitrogen and oxygen atoms in total. The van der Waals surface area contributed by atoms with Crippen LogP contribution in [0.3, 0.4) is 0 Å². The van der Waals surface area contributed by atoms with Gasteiger partial charge in [-0.2, -0.15) is 0 Å². The minimum Gasteiger partial charge on any atom is -0.496 e. The molecule has 0 radical (unpaired) electrons. The van der Waals surface area contributed by atoms with Crippen LogP contribution in [0.15, 0.2) is 35.5 Å². The highest BCUT2D eigenvalue weighted by molar-refractivity contribution is 5.77. The Morgan fingerprint density at radius 2 is 1.91 bits per heavy atom. The van der Waals surface area contributed by atoms with Crippen LogP contribution < -0.4 is 9.47 Å². The Hall–Kier alpha value is -3.00. The molecule has 5 heteroatoms. The Kier molecular flexibility index (Phi) is 5.59. The standard InChI is InChI=1S/C18H18N2O3/c1-5-14-9-13(2)20-15(10-14)11-19-23-12-16-17(21-3)7-6-8-18(16)22-4/h1,6-11H,12H2,2-4H3. The van der Waals surface area contributed by atoms with Crippen molar-refractivity contribution in [2.75, 3.05) is 14.2 Å². The van der Waals surface area contributed by atoms with Crippen molar-refractivity contribution < 1.29 is 14.3 Å². The molecule has 2 aromatic rings. The van der Waals surface area contributed by atoms with Gasteiger partial charge in [-0.05, 0) is 31.2 Å². The molecule has 2 rings (SSSR count). The van der Waals surface area contributed by atoms with E-state index in [4.69, 9.17) is 20.7 Å². The predicted octanol–water partition coefficient (Wildman–Crippen LogP) is 2.94. The number of methoxy groups -OCH3 is 2. The Bertz CT molecular complexity index is 726. The smallest absolute Gasteiger partial charge is 0.149 e. The molecule has 23 heavy (non-hydrogen) atoms. The summed E-state index contributed by atoms with van der Waals surface area (Å²) in [5, 5.41) is 3.94. The zero-order chi connectivity index (χ0) is 16.7. The molecule has 0 unspecified atom stereocenters. The van der Waals surface area contributed by atoms with Crippen molar-refractivity contribution in [1.29, 1.82) is 0 Å². The third kappa shape index (κ3) is 4.24. The van der Waals surface area contributed by atoms with E-state index in [9.17, 15) is 0 Å². The molecule has 0 aliphatic heterocycles. The van der Waals surface area contributed by atoms with Gasteiger partial charge >= 0.3 is 0 Å². The predicted molar refractivity (Wildman–Crippen MR) is 88.8 cm³/mol. The molecule has 0 amide bonds. The van der Waals surface area contributed by atoms with E-state index in [0.29, 0.717) is 17.2 Å². The number of terminal acetylenes is 1. The van der Waals surface area contributed by atoms with Crippen LogP contribution >= 0.6 is 0 Å². The van der Waals surface area contributed by atoms with E-state index >= 15 is 0 Å². The molecular weight excluding hydrogens is 292 g/mol. The lowest BCUT2D eigenvalue weighted by Gasteiger charge is -2.11. The first-order valence-corrected chi connectivity index (χ1v) is 6.98. The summed E-state index contributed by atoms with van der Waals surface area (Å²) in [5.74, 6) is 3.95. The van der Waals surface area contributed by atoms with Crippen LogP contribution in [0.2, 0.25) is 0 Å². The van der Waals surface area contributed by atoms with Crippen LogP contribution in [0.1, 0.15) is 22.5 Å². The van der Waals surface area contributed by atoms with Crippen molar-refractivity contribution in [3.8, 4) is 23.8 Å². The molecule has 0 aliphatic rings. The molecule has 1 aromatic heterocycles. The lowest BCUT2D eigenvalue weighted by molar-refractivity contribution is 0.127. The number of oxime groups is 1. The zero-order valence-electron chi connectivity index (χ0n) is 13.4. The molecule has 1 heterocycles. The minimum atomic E-state index is 0.220. The summed E-state index contributed by atoms with van der Waals surface area (Å²) in [7, 11) is 3.19. The molecular formula is C18H18N2O3. The van der Waals surface area contributed by atoms with E-state index in [2.05, 4.69) is 16.1 Å². The summed E-state index contributed by atoms with van der Waals surface area (Å²) in [6, 6.07) is 9.13. The zero-order valence-corrected chi connectivity index (χ0v) is 13.4. The Morgan fingerprint density at radius 1 is 1.22 bits per heavy atom. The summed E-state index contributed by atoms with van der Waals surface area (Å²) < 4.78 is 10.6. The van der Waals surface area contributed by atoms with Crippen LogP contribution in [0, 0.1) is 19.3 Å². The van der Waals surface area contributed by atoms with Gasteiger partial charge in [0.2, 0.25) is 0 Å². The van der Waals surface area contributed by atoms with Gasteiger partial charge in [0, 0.05) is 11.3 Å². The number of hydrogen-bond acceptors (Lipinski definition) is 5. The number of benzene rings is 1. The number of aryl methyl sites for hydroxylation is 1. The highest BCUT2D eigenvalue weighted by Crippen LogP contribution is 2.28. The molecule has 0 N–H and O–H groups in total. The van der Waals surface area contributed by atoms with Gasteiger partial charge in [0.1, 0.15) is 18.1 Å². The minimum absolute atomic E-state index is 0.220. The van der Waals surface area contributed by atoms with Gasteiger partial charge in [0.15, 0.2) is 0 Å². The molecule has 0 fully saturated rings. The molecule has 0 atom stereocenters. The lowest BCUT2D eigenvalue weighted by atomic mass is 10.2. The Balaban J connectivity index is 2.08. The normalized spacial score (nSPS) is 10.3. The topological polar surface area (TPSA) is 52.9 Å². The number of pyridine rings is 1. The van der Waals surface area contributed by atoms with Gasteiger partial charge in [-0.25, -0.2) is 0 Å². The van der Waals surface area contributed by atoms with Gasteiger partial charge in [-0.15, -0.1) is 6.42 Å². The molecule has 0 bridgehead atoms. The van der Waals surface area contributed by atoms with E-state index in [0.717, 1.165) is 16.8 Å². The first-order valence-electron chi connectivity index (χ1n) is 6.98. The number of rotatable bonds is 6. The quantitative estimate of drug-likeness (QED) is 0.468. The van der Waals surface area contributed by atoms with E-state index < -0.39 is 0 Å². The molecule has 0 saturated heterocycles. The number of aromatic nitrogens is 1. The molecule has 0 saturated carbocycles. The fraction of sp³-hybridized carbons (Fsp3) is 0.222. The molecule has 1 aromatic carbocycles. The van der Waals surface area contributed by atoms with Crippen LogP contribution in [0.4, 0.5) is 0 Å². The second kappa shape index (κ2) is 7.85. The van der Waals surface area contributed by atoms with Crippen molar-refractivity contribution in [3.05, 3.63) is 52.8 Å². The summed E-state index contributed by atoms with van der Waals surface area (Å²) in [5.41, 5.74) is 3.01. The number of nitrogens with zero attached hydrogens (tertiary/aromatic N) is 2. The van der Waals surface area contributed by atoms with Crippen molar-refractivity contribution in [1.82, 2.24) is 4.98 Å². The van der Waals surface area contributed by atoms with Gasteiger partial charge in [0.25, 0.3) is 0 Å². The van der Waals surface area contributed by atoms with E-state index in [-0.39, 0.29) is 6.61 Å². The third-order valence-corrected chi connectivity index (χ3v) is 3.14. The second-order valence-corrected chi connectivity index (χ2v) is 4.72. The fourth-order valence-corrected chi connectivity index (χ4v) is 2.11. The SMILES string of the molecule is C#Cc1cc(C)nc(C=NOCc2c(OC)cccc2OC)c1.